The summed E-state index contributed by atoms with van der Waals surface area (Å²) in [6.07, 6.45) is -0.423. The summed E-state index contributed by atoms with van der Waals surface area (Å²) in [7, 11) is 1.38. The van der Waals surface area contributed by atoms with E-state index in [4.69, 9.17) is 14.9 Å². The van der Waals surface area contributed by atoms with Gasteiger partial charge in [-0.15, -0.1) is 0 Å². The van der Waals surface area contributed by atoms with Gasteiger partial charge in [-0.2, -0.15) is 0 Å². The maximum atomic E-state index is 13.4. The molecule has 0 saturated carbocycles. The Morgan fingerprint density at radius 3 is 2.41 bits per heavy atom. The fourth-order valence-corrected chi connectivity index (χ4v) is 1.33. The Morgan fingerprint density at radius 2 is 1.94 bits per heavy atom. The van der Waals surface area contributed by atoms with Gasteiger partial charge in [0.05, 0.1) is 7.11 Å². The summed E-state index contributed by atoms with van der Waals surface area (Å²) in [4.78, 5) is 21.4. The highest BCUT2D eigenvalue weighted by molar-refractivity contribution is 5.93. The van der Waals surface area contributed by atoms with Crippen molar-refractivity contribution in [3.63, 3.8) is 0 Å². The molecule has 0 aromatic heterocycles. The topological polar surface area (TPSA) is 83.8 Å². The van der Waals surface area contributed by atoms with Gasteiger partial charge in [0.1, 0.15) is 11.6 Å². The molecule has 6 heteroatoms. The standard InChI is InChI=1S/C11H11FO5/c1-17-7-2-3-9(12)6(4-7)5-8(10(13)14)11(15)16/h2-4,8H,5H2,1H3,(H,13,14)(H,15,16). The molecule has 0 heterocycles. The van der Waals surface area contributed by atoms with Crippen LogP contribution < -0.4 is 4.74 Å². The van der Waals surface area contributed by atoms with Crippen LogP contribution in [-0.2, 0) is 16.0 Å². The van der Waals surface area contributed by atoms with Crippen molar-refractivity contribution >= 4 is 11.9 Å². The molecule has 0 atom stereocenters. The summed E-state index contributed by atoms with van der Waals surface area (Å²) in [6.45, 7) is 0. The van der Waals surface area contributed by atoms with Crippen molar-refractivity contribution in [3.8, 4) is 5.75 Å². The number of carboxylic acid groups (broad SMARTS) is 2. The van der Waals surface area contributed by atoms with Gasteiger partial charge in [-0.05, 0) is 30.2 Å². The fraction of sp³-hybridized carbons (Fsp3) is 0.273. The lowest BCUT2D eigenvalue weighted by atomic mass is 9.99. The van der Waals surface area contributed by atoms with Gasteiger partial charge in [-0.3, -0.25) is 9.59 Å². The molecule has 1 rings (SSSR count). The highest BCUT2D eigenvalue weighted by atomic mass is 19.1. The zero-order valence-corrected chi connectivity index (χ0v) is 9.01. The van der Waals surface area contributed by atoms with E-state index in [0.29, 0.717) is 5.75 Å². The van der Waals surface area contributed by atoms with Gasteiger partial charge in [-0.1, -0.05) is 0 Å². The van der Waals surface area contributed by atoms with Crippen LogP contribution in [0.3, 0.4) is 0 Å². The number of hydrogen-bond acceptors (Lipinski definition) is 3. The minimum atomic E-state index is -1.67. The van der Waals surface area contributed by atoms with Crippen LogP contribution in [0, 0.1) is 11.7 Å². The summed E-state index contributed by atoms with van der Waals surface area (Å²) >= 11 is 0. The van der Waals surface area contributed by atoms with Gasteiger partial charge >= 0.3 is 11.9 Å². The average Bonchev–Trinajstić information content (AvgIpc) is 2.27. The van der Waals surface area contributed by atoms with E-state index in [2.05, 4.69) is 0 Å². The second kappa shape index (κ2) is 5.29. The second-order valence-electron chi connectivity index (χ2n) is 3.39. The van der Waals surface area contributed by atoms with Crippen LogP contribution in [0.2, 0.25) is 0 Å². The smallest absolute Gasteiger partial charge is 0.318 e. The molecule has 0 spiro atoms. The van der Waals surface area contributed by atoms with Gasteiger partial charge < -0.3 is 14.9 Å². The largest absolute Gasteiger partial charge is 0.497 e. The van der Waals surface area contributed by atoms with Crippen LogP contribution in [0.5, 0.6) is 5.75 Å². The van der Waals surface area contributed by atoms with E-state index >= 15 is 0 Å². The van der Waals surface area contributed by atoms with Crippen LogP contribution >= 0.6 is 0 Å². The Kier molecular flexibility index (Phi) is 4.03. The minimum absolute atomic E-state index is 0.000787. The van der Waals surface area contributed by atoms with Crippen LogP contribution in [0.15, 0.2) is 18.2 Å². The first kappa shape index (κ1) is 13.0. The number of carboxylic acids is 2. The third-order valence-electron chi connectivity index (χ3n) is 2.27. The molecule has 5 nitrogen and oxygen atoms in total. The number of benzene rings is 1. The molecule has 1 aromatic carbocycles. The normalized spacial score (nSPS) is 10.3. The monoisotopic (exact) mass is 242 g/mol. The third-order valence-corrected chi connectivity index (χ3v) is 2.27. The van der Waals surface area contributed by atoms with Gasteiger partial charge in [0, 0.05) is 0 Å². The number of ether oxygens (including phenoxy) is 1. The molecule has 0 amide bonds. The molecular formula is C11H11FO5. The lowest BCUT2D eigenvalue weighted by Gasteiger charge is -2.09. The van der Waals surface area contributed by atoms with Crippen molar-refractivity contribution in [2.45, 2.75) is 6.42 Å². The predicted molar refractivity (Wildman–Crippen MR) is 55.4 cm³/mol. The molecule has 0 radical (unpaired) electrons. The molecule has 17 heavy (non-hydrogen) atoms. The van der Waals surface area contributed by atoms with E-state index in [1.165, 1.54) is 19.2 Å². The Balaban J connectivity index is 3.00. The number of rotatable bonds is 5. The van der Waals surface area contributed by atoms with E-state index in [-0.39, 0.29) is 5.56 Å². The van der Waals surface area contributed by atoms with Crippen molar-refractivity contribution in [1.29, 1.82) is 0 Å². The Hall–Kier alpha value is -2.11. The first-order chi connectivity index (χ1) is 7.95. The zero-order chi connectivity index (χ0) is 13.0. The quantitative estimate of drug-likeness (QED) is 0.757. The van der Waals surface area contributed by atoms with Gasteiger partial charge in [0.25, 0.3) is 0 Å². The number of halogens is 1. The highest BCUT2D eigenvalue weighted by Crippen LogP contribution is 2.20. The summed E-state index contributed by atoms with van der Waals surface area (Å²) in [6, 6.07) is 3.76. The first-order valence-electron chi connectivity index (χ1n) is 4.73. The summed E-state index contributed by atoms with van der Waals surface area (Å²) < 4.78 is 18.2. The first-order valence-corrected chi connectivity index (χ1v) is 4.73. The molecule has 0 aliphatic heterocycles. The van der Waals surface area contributed by atoms with E-state index in [9.17, 15) is 14.0 Å². The molecule has 0 aliphatic carbocycles. The van der Waals surface area contributed by atoms with Crippen molar-refractivity contribution in [2.75, 3.05) is 7.11 Å². The summed E-state index contributed by atoms with van der Waals surface area (Å²) in [5, 5.41) is 17.4. The molecule has 0 aliphatic rings. The molecule has 0 unspecified atom stereocenters. The van der Waals surface area contributed by atoms with Crippen LogP contribution in [0.4, 0.5) is 4.39 Å². The van der Waals surface area contributed by atoms with E-state index in [1.807, 2.05) is 0 Å². The Labute approximate surface area is 96.4 Å². The molecule has 0 saturated heterocycles. The minimum Gasteiger partial charge on any atom is -0.497 e. The Morgan fingerprint density at radius 1 is 1.35 bits per heavy atom. The zero-order valence-electron chi connectivity index (χ0n) is 9.01. The van der Waals surface area contributed by atoms with Crippen LogP contribution in [-0.4, -0.2) is 29.3 Å². The van der Waals surface area contributed by atoms with Crippen molar-refractivity contribution in [2.24, 2.45) is 5.92 Å². The average molecular weight is 242 g/mol. The van der Waals surface area contributed by atoms with Gasteiger partial charge in [-0.25, -0.2) is 4.39 Å². The fourth-order valence-electron chi connectivity index (χ4n) is 1.33. The SMILES string of the molecule is COc1ccc(F)c(CC(C(=O)O)C(=O)O)c1. The Bertz CT molecular complexity index is 429. The van der Waals surface area contributed by atoms with Gasteiger partial charge in [0.15, 0.2) is 5.92 Å². The molecule has 0 bridgehead atoms. The lowest BCUT2D eigenvalue weighted by molar-refractivity contribution is -0.154. The molecule has 0 fully saturated rings. The van der Waals surface area contributed by atoms with Crippen molar-refractivity contribution < 1.29 is 28.9 Å². The molecule has 92 valence electrons. The molecule has 1 aromatic rings. The summed E-state index contributed by atoms with van der Waals surface area (Å²) in [5.74, 6) is -4.98. The third kappa shape index (κ3) is 3.17. The van der Waals surface area contributed by atoms with E-state index in [0.717, 1.165) is 6.07 Å². The van der Waals surface area contributed by atoms with Gasteiger partial charge in [0.2, 0.25) is 0 Å². The number of hydrogen-bond donors (Lipinski definition) is 2. The second-order valence-corrected chi connectivity index (χ2v) is 3.39. The number of methoxy groups -OCH3 is 1. The van der Waals surface area contributed by atoms with E-state index in [1.54, 1.807) is 0 Å². The highest BCUT2D eigenvalue weighted by Gasteiger charge is 2.27. The lowest BCUT2D eigenvalue weighted by Crippen LogP contribution is -2.25. The number of carbonyl (C=O) groups is 2. The summed E-state index contributed by atoms with van der Waals surface area (Å²) in [5.41, 5.74) is -0.000787. The molecular weight excluding hydrogens is 231 g/mol. The van der Waals surface area contributed by atoms with E-state index < -0.39 is 30.1 Å². The van der Waals surface area contributed by atoms with Crippen molar-refractivity contribution in [3.05, 3.63) is 29.6 Å². The maximum absolute atomic E-state index is 13.4. The molecule has 2 N–H and O–H groups in total. The maximum Gasteiger partial charge on any atom is 0.318 e. The van der Waals surface area contributed by atoms with Crippen LogP contribution in [0.1, 0.15) is 5.56 Å². The number of aliphatic carboxylic acids is 2. The predicted octanol–water partition coefficient (Wildman–Crippen LogP) is 1.16. The van der Waals surface area contributed by atoms with Crippen LogP contribution in [0.25, 0.3) is 0 Å². The van der Waals surface area contributed by atoms with Crippen molar-refractivity contribution in [1.82, 2.24) is 0 Å².